The highest BCUT2D eigenvalue weighted by Crippen LogP contribution is 2.31. The fraction of sp³-hybridized carbons (Fsp3) is 0.182. The molecule has 0 saturated carbocycles. The maximum atomic E-state index is 12.7. The lowest BCUT2D eigenvalue weighted by atomic mass is 10.2. The first-order chi connectivity index (χ1) is 7.98. The molecule has 1 atom stereocenters. The molecule has 0 fully saturated rings. The molecule has 1 aliphatic heterocycles. The summed E-state index contributed by atoms with van der Waals surface area (Å²) in [6.07, 6.45) is -2.36. The zero-order valence-corrected chi connectivity index (χ0v) is 9.28. The van der Waals surface area contributed by atoms with Gasteiger partial charge >= 0.3 is 6.18 Å². The van der Waals surface area contributed by atoms with Crippen molar-refractivity contribution in [1.82, 2.24) is 0 Å². The van der Waals surface area contributed by atoms with Gasteiger partial charge in [-0.3, -0.25) is 4.99 Å². The Hall–Kier alpha value is -1.49. The van der Waals surface area contributed by atoms with Crippen LogP contribution in [0.25, 0.3) is 0 Å². The number of rotatable bonds is 1. The molecule has 1 aromatic carbocycles. The van der Waals surface area contributed by atoms with Crippen LogP contribution in [0.5, 0.6) is 0 Å². The highest BCUT2D eigenvalue weighted by molar-refractivity contribution is 6.30. The van der Waals surface area contributed by atoms with E-state index in [9.17, 15) is 13.2 Å². The third-order valence-corrected chi connectivity index (χ3v) is 2.49. The topological polar surface area (TPSA) is 15.6 Å². The van der Waals surface area contributed by atoms with Crippen molar-refractivity contribution < 1.29 is 13.2 Å². The number of allylic oxidation sites excluding steroid dienone is 1. The lowest BCUT2D eigenvalue weighted by Gasteiger charge is -2.30. The van der Waals surface area contributed by atoms with Crippen LogP contribution in [0.2, 0.25) is 5.02 Å². The predicted octanol–water partition coefficient (Wildman–Crippen LogP) is 3.63. The highest BCUT2D eigenvalue weighted by atomic mass is 35.5. The summed E-state index contributed by atoms with van der Waals surface area (Å²) in [6, 6.07) is 6.12. The Kier molecular flexibility index (Phi) is 3.11. The van der Waals surface area contributed by atoms with E-state index in [1.54, 1.807) is 0 Å². The number of nitrogens with zero attached hydrogens (tertiary/aromatic N) is 2. The van der Waals surface area contributed by atoms with Crippen molar-refractivity contribution in [3.8, 4) is 0 Å². The van der Waals surface area contributed by atoms with Gasteiger partial charge in [-0.15, -0.1) is 0 Å². The first-order valence-corrected chi connectivity index (χ1v) is 5.17. The second-order valence-electron chi connectivity index (χ2n) is 3.44. The third kappa shape index (κ3) is 2.61. The molecule has 0 aliphatic carbocycles. The van der Waals surface area contributed by atoms with Crippen molar-refractivity contribution in [1.29, 1.82) is 0 Å². The Morgan fingerprint density at radius 1 is 1.18 bits per heavy atom. The predicted molar refractivity (Wildman–Crippen MR) is 61.4 cm³/mol. The molecular formula is C11H8ClF3N2. The first-order valence-electron chi connectivity index (χ1n) is 4.79. The number of anilines is 1. The van der Waals surface area contributed by atoms with Gasteiger partial charge in [0.15, 0.2) is 0 Å². The molecule has 1 heterocycles. The maximum Gasteiger partial charge on any atom is 0.429 e. The largest absolute Gasteiger partial charge is 0.429 e. The van der Waals surface area contributed by atoms with Crippen LogP contribution >= 0.6 is 11.6 Å². The van der Waals surface area contributed by atoms with Crippen LogP contribution in [0.15, 0.2) is 41.5 Å². The SMILES string of the molecule is FC(F)(F)C1N=CC=CN1c1ccc(Cl)cc1. The van der Waals surface area contributed by atoms with Crippen LogP contribution in [0.1, 0.15) is 0 Å². The second-order valence-corrected chi connectivity index (χ2v) is 3.88. The molecule has 0 saturated heterocycles. The zero-order valence-electron chi connectivity index (χ0n) is 8.53. The van der Waals surface area contributed by atoms with Crippen molar-refractivity contribution in [3.05, 3.63) is 41.6 Å². The molecule has 0 spiro atoms. The molecule has 2 rings (SSSR count). The standard InChI is InChI=1S/C11H8ClF3N2/c12-8-2-4-9(5-3-8)17-7-1-6-16-10(17)11(13,14)15/h1-7,10H. The first kappa shape index (κ1) is 12.0. The normalized spacial score (nSPS) is 19.8. The van der Waals surface area contributed by atoms with E-state index in [0.29, 0.717) is 10.7 Å². The number of hydrogen-bond donors (Lipinski definition) is 0. The van der Waals surface area contributed by atoms with E-state index in [0.717, 1.165) is 11.1 Å². The number of alkyl halides is 3. The van der Waals surface area contributed by atoms with Gasteiger partial charge in [-0.05, 0) is 30.3 Å². The van der Waals surface area contributed by atoms with Crippen LogP contribution in [0.3, 0.4) is 0 Å². The van der Waals surface area contributed by atoms with Gasteiger partial charge in [0.25, 0.3) is 0 Å². The van der Waals surface area contributed by atoms with E-state index < -0.39 is 12.3 Å². The molecule has 2 nitrogen and oxygen atoms in total. The Morgan fingerprint density at radius 3 is 2.41 bits per heavy atom. The van der Waals surface area contributed by atoms with Crippen LogP contribution in [0, 0.1) is 0 Å². The zero-order chi connectivity index (χ0) is 12.5. The van der Waals surface area contributed by atoms with E-state index in [1.807, 2.05) is 0 Å². The van der Waals surface area contributed by atoms with Crippen LogP contribution in [-0.2, 0) is 0 Å². The van der Waals surface area contributed by atoms with Gasteiger partial charge in [0.2, 0.25) is 6.17 Å². The van der Waals surface area contributed by atoms with Crippen LogP contribution in [0.4, 0.5) is 18.9 Å². The van der Waals surface area contributed by atoms with E-state index in [4.69, 9.17) is 11.6 Å². The summed E-state index contributed by atoms with van der Waals surface area (Å²) >= 11 is 5.69. The third-order valence-electron chi connectivity index (χ3n) is 2.24. The minimum absolute atomic E-state index is 0.393. The van der Waals surface area contributed by atoms with Gasteiger partial charge < -0.3 is 4.90 Å². The van der Waals surface area contributed by atoms with Crippen molar-refractivity contribution in [2.45, 2.75) is 12.3 Å². The average molecular weight is 261 g/mol. The molecule has 0 bridgehead atoms. The molecule has 1 aromatic rings. The van der Waals surface area contributed by atoms with Crippen molar-refractivity contribution >= 4 is 23.5 Å². The molecule has 90 valence electrons. The molecule has 0 radical (unpaired) electrons. The summed E-state index contributed by atoms with van der Waals surface area (Å²) in [7, 11) is 0. The van der Waals surface area contributed by atoms with Gasteiger partial charge in [0.05, 0.1) is 0 Å². The highest BCUT2D eigenvalue weighted by Gasteiger charge is 2.43. The molecule has 0 amide bonds. The fourth-order valence-corrected chi connectivity index (χ4v) is 1.62. The molecular weight excluding hydrogens is 253 g/mol. The fourth-order valence-electron chi connectivity index (χ4n) is 1.50. The molecule has 6 heteroatoms. The van der Waals surface area contributed by atoms with E-state index in [-0.39, 0.29) is 0 Å². The summed E-state index contributed by atoms with van der Waals surface area (Å²) in [4.78, 5) is 4.49. The number of hydrogen-bond acceptors (Lipinski definition) is 2. The molecule has 0 N–H and O–H groups in total. The summed E-state index contributed by atoms with van der Waals surface area (Å²) in [5.41, 5.74) is 0.393. The van der Waals surface area contributed by atoms with Gasteiger partial charge in [-0.2, -0.15) is 13.2 Å². The van der Waals surface area contributed by atoms with E-state index >= 15 is 0 Å². The van der Waals surface area contributed by atoms with E-state index in [2.05, 4.69) is 4.99 Å². The quantitative estimate of drug-likeness (QED) is 0.753. The van der Waals surface area contributed by atoms with Gasteiger partial charge in [-0.1, -0.05) is 11.6 Å². The number of aliphatic imine (C=N–C) groups is 1. The maximum absolute atomic E-state index is 12.7. The molecule has 17 heavy (non-hydrogen) atoms. The summed E-state index contributed by atoms with van der Waals surface area (Å²) < 4.78 is 38.2. The average Bonchev–Trinajstić information content (AvgIpc) is 2.29. The number of benzene rings is 1. The lowest BCUT2D eigenvalue weighted by molar-refractivity contribution is -0.145. The van der Waals surface area contributed by atoms with Crippen LogP contribution in [-0.4, -0.2) is 18.6 Å². The monoisotopic (exact) mass is 260 g/mol. The Bertz CT molecular complexity index is 451. The van der Waals surface area contributed by atoms with E-state index in [1.165, 1.54) is 36.5 Å². The van der Waals surface area contributed by atoms with Crippen molar-refractivity contribution in [2.75, 3.05) is 4.90 Å². The number of halogens is 4. The smallest absolute Gasteiger partial charge is 0.318 e. The van der Waals surface area contributed by atoms with Gasteiger partial charge in [0, 0.05) is 23.1 Å². The van der Waals surface area contributed by atoms with Crippen molar-refractivity contribution in [3.63, 3.8) is 0 Å². The summed E-state index contributed by atoms with van der Waals surface area (Å²) in [5, 5.41) is 0.474. The van der Waals surface area contributed by atoms with Gasteiger partial charge in [-0.25, -0.2) is 0 Å². The molecule has 1 aliphatic rings. The van der Waals surface area contributed by atoms with Crippen LogP contribution < -0.4 is 4.90 Å². The second kappa shape index (κ2) is 4.41. The Balaban J connectivity index is 2.33. The molecule has 0 aromatic heterocycles. The van der Waals surface area contributed by atoms with Crippen molar-refractivity contribution in [2.24, 2.45) is 4.99 Å². The Labute approximate surface area is 101 Å². The minimum Gasteiger partial charge on any atom is -0.318 e. The minimum atomic E-state index is -4.42. The van der Waals surface area contributed by atoms with Gasteiger partial charge in [0.1, 0.15) is 0 Å². The summed E-state index contributed by atoms with van der Waals surface area (Å²) in [6.45, 7) is 0. The Morgan fingerprint density at radius 2 is 1.82 bits per heavy atom. The lowest BCUT2D eigenvalue weighted by Crippen LogP contribution is -2.42. The molecule has 1 unspecified atom stereocenters. The summed E-state index contributed by atoms with van der Waals surface area (Å²) in [5.74, 6) is 0.